The lowest BCUT2D eigenvalue weighted by molar-refractivity contribution is -0.328. The molecule has 0 radical (unpaired) electrons. The number of benzene rings is 1. The maximum atomic E-state index is 9.04. The molecule has 1 fully saturated rings. The van der Waals surface area contributed by atoms with Crippen LogP contribution < -0.4 is 0 Å². The van der Waals surface area contributed by atoms with Gasteiger partial charge in [-0.3, -0.25) is 0 Å². The van der Waals surface area contributed by atoms with Gasteiger partial charge >= 0.3 is 0 Å². The minimum atomic E-state index is -0.614. The highest BCUT2D eigenvalue weighted by Crippen LogP contribution is 2.42. The van der Waals surface area contributed by atoms with E-state index in [-0.39, 0.29) is 12.0 Å². The van der Waals surface area contributed by atoms with Crippen LogP contribution in [-0.2, 0) is 20.8 Å². The third-order valence-electron chi connectivity index (χ3n) is 4.48. The van der Waals surface area contributed by atoms with Crippen molar-refractivity contribution in [2.75, 3.05) is 26.4 Å². The van der Waals surface area contributed by atoms with Crippen LogP contribution in [-0.4, -0.2) is 37.3 Å². The first-order chi connectivity index (χ1) is 11.1. The van der Waals surface area contributed by atoms with E-state index < -0.39 is 5.79 Å². The number of rotatable bonds is 9. The molecular formula is C19H30O4. The molecule has 4 nitrogen and oxygen atoms in total. The van der Waals surface area contributed by atoms with Crippen LogP contribution in [0.4, 0.5) is 0 Å². The van der Waals surface area contributed by atoms with Crippen molar-refractivity contribution >= 4 is 0 Å². The summed E-state index contributed by atoms with van der Waals surface area (Å²) in [6, 6.07) is 10.2. The van der Waals surface area contributed by atoms with Crippen LogP contribution in [0.2, 0.25) is 0 Å². The van der Waals surface area contributed by atoms with Gasteiger partial charge in [-0.2, -0.15) is 0 Å². The second-order valence-corrected chi connectivity index (χ2v) is 6.85. The Kier molecular flexibility index (Phi) is 7.03. The van der Waals surface area contributed by atoms with Crippen molar-refractivity contribution in [1.82, 2.24) is 0 Å². The first kappa shape index (κ1) is 18.4. The zero-order valence-electron chi connectivity index (χ0n) is 14.4. The van der Waals surface area contributed by atoms with Crippen molar-refractivity contribution in [2.24, 2.45) is 5.41 Å². The third-order valence-corrected chi connectivity index (χ3v) is 4.48. The zero-order chi connectivity index (χ0) is 16.6. The summed E-state index contributed by atoms with van der Waals surface area (Å²) in [7, 11) is 0. The van der Waals surface area contributed by atoms with Gasteiger partial charge in [-0.25, -0.2) is 0 Å². The van der Waals surface area contributed by atoms with Crippen molar-refractivity contribution in [3.8, 4) is 0 Å². The molecule has 0 saturated carbocycles. The minimum Gasteiger partial charge on any atom is -0.396 e. The summed E-state index contributed by atoms with van der Waals surface area (Å²) < 4.78 is 18.2. The molecule has 0 aromatic heterocycles. The van der Waals surface area contributed by atoms with Gasteiger partial charge in [0.05, 0.1) is 26.4 Å². The van der Waals surface area contributed by atoms with Gasteiger partial charge in [-0.05, 0) is 24.8 Å². The molecule has 1 saturated heterocycles. The Labute approximate surface area is 139 Å². The van der Waals surface area contributed by atoms with E-state index in [1.807, 2.05) is 18.2 Å². The molecule has 1 aromatic rings. The average Bonchev–Trinajstić information content (AvgIpc) is 2.57. The molecule has 1 aromatic carbocycles. The zero-order valence-corrected chi connectivity index (χ0v) is 14.4. The fraction of sp³-hybridized carbons (Fsp3) is 0.684. The van der Waals surface area contributed by atoms with E-state index >= 15 is 0 Å². The summed E-state index contributed by atoms with van der Waals surface area (Å²) in [6.07, 6.45) is 3.38. The molecule has 0 aliphatic carbocycles. The quantitative estimate of drug-likeness (QED) is 0.707. The van der Waals surface area contributed by atoms with Gasteiger partial charge in [0.25, 0.3) is 0 Å². The average molecular weight is 322 g/mol. The number of unbranched alkanes of at least 4 members (excludes halogenated alkanes) is 1. The van der Waals surface area contributed by atoms with Crippen LogP contribution in [0, 0.1) is 5.41 Å². The van der Waals surface area contributed by atoms with E-state index in [9.17, 15) is 0 Å². The van der Waals surface area contributed by atoms with Crippen molar-refractivity contribution in [3.63, 3.8) is 0 Å². The van der Waals surface area contributed by atoms with Crippen LogP contribution in [0.5, 0.6) is 0 Å². The Morgan fingerprint density at radius 2 is 1.83 bits per heavy atom. The van der Waals surface area contributed by atoms with Gasteiger partial charge in [0.1, 0.15) is 0 Å². The molecule has 1 heterocycles. The predicted molar refractivity (Wildman–Crippen MR) is 90.1 cm³/mol. The SMILES string of the molecule is CC(C)(COCc1ccccc1)C1(CCCCO)OCCCO1. The van der Waals surface area contributed by atoms with E-state index in [1.54, 1.807) is 0 Å². The lowest BCUT2D eigenvalue weighted by Crippen LogP contribution is -2.54. The second-order valence-electron chi connectivity index (χ2n) is 6.85. The fourth-order valence-electron chi connectivity index (χ4n) is 3.03. The molecule has 130 valence electrons. The fourth-order valence-corrected chi connectivity index (χ4v) is 3.03. The van der Waals surface area contributed by atoms with Crippen molar-refractivity contribution in [2.45, 2.75) is 51.9 Å². The molecule has 0 unspecified atom stereocenters. The van der Waals surface area contributed by atoms with E-state index in [0.29, 0.717) is 13.2 Å². The Balaban J connectivity index is 1.94. The van der Waals surface area contributed by atoms with Crippen molar-refractivity contribution in [1.29, 1.82) is 0 Å². The molecule has 0 atom stereocenters. The van der Waals surface area contributed by atoms with Gasteiger partial charge in [-0.1, -0.05) is 44.2 Å². The molecule has 1 aliphatic rings. The first-order valence-corrected chi connectivity index (χ1v) is 8.60. The molecule has 1 N–H and O–H groups in total. The van der Waals surface area contributed by atoms with Crippen LogP contribution in [0.15, 0.2) is 30.3 Å². The molecule has 2 rings (SSSR count). The summed E-state index contributed by atoms with van der Waals surface area (Å²) >= 11 is 0. The van der Waals surface area contributed by atoms with Crippen LogP contribution in [0.25, 0.3) is 0 Å². The Morgan fingerprint density at radius 1 is 1.13 bits per heavy atom. The van der Waals surface area contributed by atoms with Crippen LogP contribution >= 0.6 is 0 Å². The van der Waals surface area contributed by atoms with Crippen molar-refractivity contribution in [3.05, 3.63) is 35.9 Å². The third kappa shape index (κ3) is 5.01. The normalized spacial score (nSPS) is 18.0. The Hall–Kier alpha value is -0.940. The monoisotopic (exact) mass is 322 g/mol. The van der Waals surface area contributed by atoms with Crippen LogP contribution in [0.1, 0.15) is 45.1 Å². The maximum Gasteiger partial charge on any atom is 0.175 e. The highest BCUT2D eigenvalue weighted by molar-refractivity contribution is 5.13. The van der Waals surface area contributed by atoms with Crippen LogP contribution in [0.3, 0.4) is 0 Å². The second kappa shape index (κ2) is 8.78. The first-order valence-electron chi connectivity index (χ1n) is 8.60. The number of ether oxygens (including phenoxy) is 3. The van der Waals surface area contributed by atoms with Crippen molar-refractivity contribution < 1.29 is 19.3 Å². The van der Waals surface area contributed by atoms with E-state index in [0.717, 1.165) is 38.9 Å². The Bertz CT molecular complexity index is 438. The molecule has 23 heavy (non-hydrogen) atoms. The highest BCUT2D eigenvalue weighted by Gasteiger charge is 2.48. The topological polar surface area (TPSA) is 47.9 Å². The standard InChI is InChI=1S/C19H30O4/c1-18(2,16-21-15-17-9-4-3-5-10-17)19(11-6-7-12-20)22-13-8-14-23-19/h3-5,9-10,20H,6-8,11-16H2,1-2H3. The van der Waals surface area contributed by atoms with Gasteiger partial charge in [0.15, 0.2) is 5.79 Å². The van der Waals surface area contributed by atoms with Gasteiger partial charge in [0, 0.05) is 18.4 Å². The molecule has 0 spiro atoms. The molecular weight excluding hydrogens is 292 g/mol. The highest BCUT2D eigenvalue weighted by atomic mass is 16.7. The number of aliphatic hydroxyl groups excluding tert-OH is 1. The minimum absolute atomic E-state index is 0.209. The maximum absolute atomic E-state index is 9.04. The summed E-state index contributed by atoms with van der Waals surface area (Å²) in [4.78, 5) is 0. The molecule has 0 bridgehead atoms. The number of hydrogen-bond donors (Lipinski definition) is 1. The lowest BCUT2D eigenvalue weighted by atomic mass is 9.80. The van der Waals surface area contributed by atoms with E-state index in [4.69, 9.17) is 19.3 Å². The van der Waals surface area contributed by atoms with Gasteiger partial charge in [0.2, 0.25) is 0 Å². The van der Waals surface area contributed by atoms with Gasteiger partial charge < -0.3 is 19.3 Å². The summed E-state index contributed by atoms with van der Waals surface area (Å²) in [6.45, 7) is 7.10. The van der Waals surface area contributed by atoms with E-state index in [1.165, 1.54) is 5.56 Å². The molecule has 0 amide bonds. The van der Waals surface area contributed by atoms with E-state index in [2.05, 4.69) is 26.0 Å². The smallest absolute Gasteiger partial charge is 0.175 e. The summed E-state index contributed by atoms with van der Waals surface area (Å²) in [5.74, 6) is -0.614. The van der Waals surface area contributed by atoms with Gasteiger partial charge in [-0.15, -0.1) is 0 Å². The summed E-state index contributed by atoms with van der Waals surface area (Å²) in [5.41, 5.74) is 0.917. The lowest BCUT2D eigenvalue weighted by Gasteiger charge is -2.48. The summed E-state index contributed by atoms with van der Waals surface area (Å²) in [5, 5.41) is 9.04. The number of hydrogen-bond acceptors (Lipinski definition) is 4. The molecule has 1 aliphatic heterocycles. The number of aliphatic hydroxyl groups is 1. The predicted octanol–water partition coefficient (Wildman–Crippen LogP) is 3.53. The largest absolute Gasteiger partial charge is 0.396 e. The molecule has 4 heteroatoms. The Morgan fingerprint density at radius 3 is 2.48 bits per heavy atom.